The first-order chi connectivity index (χ1) is 8.54. The molecule has 18 heavy (non-hydrogen) atoms. The van der Waals surface area contributed by atoms with Crippen LogP contribution in [0, 0.1) is 0 Å². The second kappa shape index (κ2) is 4.98. The Hall–Kier alpha value is -1.55. The highest BCUT2D eigenvalue weighted by Crippen LogP contribution is 2.34. The lowest BCUT2D eigenvalue weighted by atomic mass is 9.84. The second-order valence-electron chi connectivity index (χ2n) is 4.96. The van der Waals surface area contributed by atoms with Crippen molar-refractivity contribution in [1.29, 1.82) is 0 Å². The first-order valence-corrected chi connectivity index (χ1v) is 6.85. The van der Waals surface area contributed by atoms with Crippen LogP contribution in [0.15, 0.2) is 29.6 Å². The number of benzene rings is 1. The van der Waals surface area contributed by atoms with E-state index < -0.39 is 0 Å². The molecule has 0 aliphatic heterocycles. The van der Waals surface area contributed by atoms with Crippen LogP contribution in [-0.4, -0.2) is 19.6 Å². The van der Waals surface area contributed by atoms with Crippen LogP contribution in [-0.2, 0) is 5.41 Å². The third kappa shape index (κ3) is 2.48. The molecule has 2 amide bonds. The monoisotopic (exact) mass is 262 g/mol. The van der Waals surface area contributed by atoms with Crippen molar-refractivity contribution in [2.24, 2.45) is 0 Å². The molecular weight excluding hydrogens is 244 g/mol. The van der Waals surface area contributed by atoms with Crippen molar-refractivity contribution < 1.29 is 4.79 Å². The molecule has 0 saturated carbocycles. The van der Waals surface area contributed by atoms with Gasteiger partial charge in [0.1, 0.15) is 0 Å². The average molecular weight is 262 g/mol. The van der Waals surface area contributed by atoms with Gasteiger partial charge in [0, 0.05) is 23.7 Å². The lowest BCUT2D eigenvalue weighted by molar-refractivity contribution is 0.240. The minimum atomic E-state index is -0.136. The van der Waals surface area contributed by atoms with Gasteiger partial charge in [0.25, 0.3) is 0 Å². The summed E-state index contributed by atoms with van der Waals surface area (Å²) in [5.41, 5.74) is 1.21. The first-order valence-electron chi connectivity index (χ1n) is 5.97. The molecule has 96 valence electrons. The summed E-state index contributed by atoms with van der Waals surface area (Å²) in [5.74, 6) is 0. The molecule has 2 rings (SSSR count). The Morgan fingerprint density at radius 3 is 2.78 bits per heavy atom. The van der Waals surface area contributed by atoms with Gasteiger partial charge in [-0.1, -0.05) is 32.0 Å². The number of carbonyl (C=O) groups excluding carboxylic acids is 1. The smallest absolute Gasteiger partial charge is 0.314 e. The lowest BCUT2D eigenvalue weighted by Crippen LogP contribution is -2.40. The molecule has 0 saturated heterocycles. The normalized spacial score (nSPS) is 11.5. The zero-order chi connectivity index (χ0) is 13.2. The number of amides is 2. The number of thiophene rings is 1. The number of carbonyl (C=O) groups is 1. The quantitative estimate of drug-likeness (QED) is 0.876. The molecule has 4 heteroatoms. The molecular formula is C14H18N2OS. The zero-order valence-corrected chi connectivity index (χ0v) is 11.7. The summed E-state index contributed by atoms with van der Waals surface area (Å²) in [5, 5.41) is 8.93. The van der Waals surface area contributed by atoms with E-state index in [1.165, 1.54) is 15.6 Å². The Morgan fingerprint density at radius 1 is 1.33 bits per heavy atom. The SMILES string of the molecule is CNC(=O)NCC(C)(C)c1csc2ccccc12. The third-order valence-corrected chi connectivity index (χ3v) is 4.09. The van der Waals surface area contributed by atoms with E-state index in [1.807, 2.05) is 0 Å². The molecule has 0 spiro atoms. The van der Waals surface area contributed by atoms with Crippen LogP contribution in [0.2, 0.25) is 0 Å². The van der Waals surface area contributed by atoms with Crippen molar-refractivity contribution in [1.82, 2.24) is 10.6 Å². The Kier molecular flexibility index (Phi) is 3.57. The van der Waals surface area contributed by atoms with Gasteiger partial charge in [-0.05, 0) is 22.4 Å². The molecule has 0 unspecified atom stereocenters. The number of nitrogens with one attached hydrogen (secondary N) is 2. The van der Waals surface area contributed by atoms with E-state index in [2.05, 4.69) is 54.1 Å². The van der Waals surface area contributed by atoms with Crippen LogP contribution in [0.1, 0.15) is 19.4 Å². The van der Waals surface area contributed by atoms with Crippen molar-refractivity contribution in [3.63, 3.8) is 0 Å². The molecule has 1 aromatic carbocycles. The topological polar surface area (TPSA) is 41.1 Å². The summed E-state index contributed by atoms with van der Waals surface area (Å²) in [6.07, 6.45) is 0. The van der Waals surface area contributed by atoms with E-state index in [0.29, 0.717) is 6.54 Å². The fourth-order valence-electron chi connectivity index (χ4n) is 1.99. The van der Waals surface area contributed by atoms with E-state index in [0.717, 1.165) is 0 Å². The number of hydrogen-bond acceptors (Lipinski definition) is 2. The Bertz CT molecular complexity index is 560. The fourth-order valence-corrected chi connectivity index (χ4v) is 3.14. The Labute approximate surface area is 111 Å². The predicted molar refractivity (Wildman–Crippen MR) is 77.3 cm³/mol. The van der Waals surface area contributed by atoms with Gasteiger partial charge in [0.05, 0.1) is 0 Å². The summed E-state index contributed by atoms with van der Waals surface area (Å²) >= 11 is 1.75. The van der Waals surface area contributed by atoms with Gasteiger partial charge in [0.2, 0.25) is 0 Å². The molecule has 0 fully saturated rings. The Balaban J connectivity index is 2.26. The molecule has 3 nitrogen and oxygen atoms in total. The van der Waals surface area contributed by atoms with E-state index in [-0.39, 0.29) is 11.4 Å². The van der Waals surface area contributed by atoms with E-state index >= 15 is 0 Å². The molecule has 0 aliphatic rings. The third-order valence-electron chi connectivity index (χ3n) is 3.13. The molecule has 0 atom stereocenters. The molecule has 0 bridgehead atoms. The fraction of sp³-hybridized carbons (Fsp3) is 0.357. The maximum atomic E-state index is 11.3. The van der Waals surface area contributed by atoms with Crippen LogP contribution < -0.4 is 10.6 Å². The van der Waals surface area contributed by atoms with Crippen molar-refractivity contribution in [3.05, 3.63) is 35.2 Å². The van der Waals surface area contributed by atoms with Crippen LogP contribution in [0.5, 0.6) is 0 Å². The van der Waals surface area contributed by atoms with Crippen molar-refractivity contribution >= 4 is 27.5 Å². The van der Waals surface area contributed by atoms with E-state index in [4.69, 9.17) is 0 Å². The maximum Gasteiger partial charge on any atom is 0.314 e. The highest BCUT2D eigenvalue weighted by molar-refractivity contribution is 7.17. The number of fused-ring (bicyclic) bond motifs is 1. The molecule has 2 aromatic rings. The van der Waals surface area contributed by atoms with Gasteiger partial charge in [-0.3, -0.25) is 0 Å². The highest BCUT2D eigenvalue weighted by Gasteiger charge is 2.24. The minimum absolute atomic E-state index is 0.0773. The van der Waals surface area contributed by atoms with E-state index in [1.54, 1.807) is 18.4 Å². The van der Waals surface area contributed by atoms with Crippen molar-refractivity contribution in [2.75, 3.05) is 13.6 Å². The number of rotatable bonds is 3. The van der Waals surface area contributed by atoms with Gasteiger partial charge < -0.3 is 10.6 Å². The number of urea groups is 1. The van der Waals surface area contributed by atoms with Crippen LogP contribution >= 0.6 is 11.3 Å². The predicted octanol–water partition coefficient (Wildman–Crippen LogP) is 3.11. The Morgan fingerprint density at radius 2 is 2.06 bits per heavy atom. The summed E-state index contributed by atoms with van der Waals surface area (Å²) < 4.78 is 1.29. The average Bonchev–Trinajstić information content (AvgIpc) is 2.80. The second-order valence-corrected chi connectivity index (χ2v) is 5.87. The summed E-state index contributed by atoms with van der Waals surface area (Å²) in [4.78, 5) is 11.3. The van der Waals surface area contributed by atoms with Crippen LogP contribution in [0.25, 0.3) is 10.1 Å². The summed E-state index contributed by atoms with van der Waals surface area (Å²) in [6, 6.07) is 8.25. The van der Waals surface area contributed by atoms with Crippen molar-refractivity contribution in [2.45, 2.75) is 19.3 Å². The zero-order valence-electron chi connectivity index (χ0n) is 10.9. The highest BCUT2D eigenvalue weighted by atomic mass is 32.1. The molecule has 1 aromatic heterocycles. The minimum Gasteiger partial charge on any atom is -0.341 e. The molecule has 2 N–H and O–H groups in total. The molecule has 0 aliphatic carbocycles. The summed E-state index contributed by atoms with van der Waals surface area (Å²) in [7, 11) is 1.63. The maximum absolute atomic E-state index is 11.3. The largest absolute Gasteiger partial charge is 0.341 e. The lowest BCUT2D eigenvalue weighted by Gasteiger charge is -2.25. The van der Waals surface area contributed by atoms with Crippen LogP contribution in [0.4, 0.5) is 4.79 Å². The van der Waals surface area contributed by atoms with Crippen molar-refractivity contribution in [3.8, 4) is 0 Å². The first kappa shape index (κ1) is 12.9. The van der Waals surface area contributed by atoms with Gasteiger partial charge in [-0.25, -0.2) is 4.79 Å². The summed E-state index contributed by atoms with van der Waals surface area (Å²) in [6.45, 7) is 4.92. The van der Waals surface area contributed by atoms with Gasteiger partial charge >= 0.3 is 6.03 Å². The number of hydrogen-bond donors (Lipinski definition) is 2. The van der Waals surface area contributed by atoms with Gasteiger partial charge in [-0.15, -0.1) is 11.3 Å². The molecule has 1 heterocycles. The standard InChI is InChI=1S/C14H18N2OS/c1-14(2,9-16-13(17)15-3)11-8-18-12-7-5-4-6-10(11)12/h4-8H,9H2,1-3H3,(H2,15,16,17). The van der Waals surface area contributed by atoms with Crippen LogP contribution in [0.3, 0.4) is 0 Å². The molecule has 0 radical (unpaired) electrons. The van der Waals surface area contributed by atoms with Gasteiger partial charge in [-0.2, -0.15) is 0 Å². The van der Waals surface area contributed by atoms with E-state index in [9.17, 15) is 4.79 Å². The van der Waals surface area contributed by atoms with Gasteiger partial charge in [0.15, 0.2) is 0 Å².